The lowest BCUT2D eigenvalue weighted by Crippen LogP contribution is -2.55. The minimum atomic E-state index is -0.942. The molecule has 10 nitrogen and oxygen atoms in total. The molecule has 10 heteroatoms. The van der Waals surface area contributed by atoms with Gasteiger partial charge in [0.1, 0.15) is 0 Å². The second-order valence-electron chi connectivity index (χ2n) is 12.9. The number of carbonyl (C=O) groups excluding carboxylic acids is 3. The molecule has 2 aliphatic rings. The zero-order valence-corrected chi connectivity index (χ0v) is 25.0. The molecular weight excluding hydrogens is 510 g/mol. The van der Waals surface area contributed by atoms with Crippen LogP contribution in [0.5, 0.6) is 0 Å². The van der Waals surface area contributed by atoms with Gasteiger partial charge in [0.2, 0.25) is 11.8 Å². The van der Waals surface area contributed by atoms with Gasteiger partial charge >= 0.3 is 6.09 Å². The number of para-hydroxylation sites is 1. The molecule has 40 heavy (non-hydrogen) atoms. The summed E-state index contributed by atoms with van der Waals surface area (Å²) >= 11 is 0. The first kappa shape index (κ1) is 31.8. The first-order valence-electron chi connectivity index (χ1n) is 14.4. The Balaban J connectivity index is 1.57. The number of hydrogen-bond donors (Lipinski definition) is 4. The van der Waals surface area contributed by atoms with Crippen LogP contribution in [0.3, 0.4) is 0 Å². The fourth-order valence-electron chi connectivity index (χ4n) is 6.22. The number of carbonyl (C=O) groups is 3. The molecule has 0 bridgehead atoms. The number of nitrogens with two attached hydrogens (primary N) is 1. The Bertz CT molecular complexity index is 1050. The summed E-state index contributed by atoms with van der Waals surface area (Å²) in [5.74, 6) is -0.173. The molecule has 1 fully saturated rings. The summed E-state index contributed by atoms with van der Waals surface area (Å²) in [7, 11) is 3.38. The molecule has 1 aromatic rings. The summed E-state index contributed by atoms with van der Waals surface area (Å²) in [6.45, 7) is 9.21. The van der Waals surface area contributed by atoms with Gasteiger partial charge in [0.15, 0.2) is 0 Å². The Morgan fingerprint density at radius 2 is 1.88 bits per heavy atom. The van der Waals surface area contributed by atoms with Crippen LogP contribution in [0.1, 0.15) is 65.4 Å². The van der Waals surface area contributed by atoms with Crippen LogP contribution < -0.4 is 21.3 Å². The fraction of sp³-hybridized carbons (Fsp3) is 0.700. The van der Waals surface area contributed by atoms with Gasteiger partial charge in [-0.2, -0.15) is 0 Å². The number of rotatable bonds is 10. The highest BCUT2D eigenvalue weighted by molar-refractivity contribution is 5.95. The van der Waals surface area contributed by atoms with E-state index in [1.165, 1.54) is 7.11 Å². The normalized spacial score (nSPS) is 21.6. The first-order chi connectivity index (χ1) is 18.7. The number of nitrogens with zero attached hydrogens (tertiary/aromatic N) is 2. The molecule has 3 amide bonds. The fourth-order valence-corrected chi connectivity index (χ4v) is 6.22. The molecule has 3 rings (SSSR count). The average molecular weight is 560 g/mol. The van der Waals surface area contributed by atoms with Gasteiger partial charge < -0.3 is 36.0 Å². The highest BCUT2D eigenvalue weighted by Crippen LogP contribution is 2.34. The molecule has 0 spiro atoms. The van der Waals surface area contributed by atoms with Crippen molar-refractivity contribution >= 4 is 23.6 Å². The summed E-state index contributed by atoms with van der Waals surface area (Å²) in [6, 6.07) is 6.95. The third-order valence-electron chi connectivity index (χ3n) is 8.53. The van der Waals surface area contributed by atoms with Gasteiger partial charge in [-0.15, -0.1) is 0 Å². The second kappa shape index (κ2) is 13.3. The van der Waals surface area contributed by atoms with Crippen LogP contribution in [0, 0.1) is 10.8 Å². The minimum Gasteiger partial charge on any atom is -0.453 e. The van der Waals surface area contributed by atoms with Crippen molar-refractivity contribution in [2.45, 2.75) is 90.4 Å². The third-order valence-corrected chi connectivity index (χ3v) is 8.53. The largest absolute Gasteiger partial charge is 0.453 e. The van der Waals surface area contributed by atoms with Gasteiger partial charge in [-0.25, -0.2) is 4.79 Å². The lowest BCUT2D eigenvalue weighted by Gasteiger charge is -2.42. The molecule has 2 aliphatic heterocycles. The summed E-state index contributed by atoms with van der Waals surface area (Å²) in [4.78, 5) is 42.4. The lowest BCUT2D eigenvalue weighted by atomic mass is 9.78. The van der Waals surface area contributed by atoms with Crippen LogP contribution in [-0.2, 0) is 20.7 Å². The number of nitrogens with one attached hydrogen (secondary N) is 2. The van der Waals surface area contributed by atoms with E-state index in [0.717, 1.165) is 37.1 Å². The number of piperidine rings is 1. The number of methoxy groups -OCH3 is 1. The zero-order chi connectivity index (χ0) is 29.7. The number of fused-ring (bicyclic) bond motifs is 1. The Morgan fingerprint density at radius 3 is 2.55 bits per heavy atom. The van der Waals surface area contributed by atoms with E-state index in [1.54, 1.807) is 4.90 Å². The predicted molar refractivity (Wildman–Crippen MR) is 156 cm³/mol. The van der Waals surface area contributed by atoms with Crippen LogP contribution in [0.25, 0.3) is 0 Å². The summed E-state index contributed by atoms with van der Waals surface area (Å²) in [6.07, 6.45) is 2.96. The molecule has 224 valence electrons. The van der Waals surface area contributed by atoms with Crippen molar-refractivity contribution in [2.24, 2.45) is 16.6 Å². The number of alkyl carbamates (subject to hydrolysis) is 1. The number of hydrogen-bond acceptors (Lipinski definition) is 7. The summed E-state index contributed by atoms with van der Waals surface area (Å²) in [5.41, 5.74) is 7.11. The van der Waals surface area contributed by atoms with E-state index >= 15 is 0 Å². The molecule has 5 N–H and O–H groups in total. The molecular formula is C30H49N5O5. The molecule has 0 saturated carbocycles. The van der Waals surface area contributed by atoms with Crippen LogP contribution in [0.2, 0.25) is 0 Å². The Morgan fingerprint density at radius 1 is 1.18 bits per heavy atom. The topological polar surface area (TPSA) is 137 Å². The van der Waals surface area contributed by atoms with Crippen LogP contribution in [-0.4, -0.2) is 85.9 Å². The van der Waals surface area contributed by atoms with Crippen molar-refractivity contribution in [1.29, 1.82) is 0 Å². The smallest absolute Gasteiger partial charge is 0.407 e. The zero-order valence-electron chi connectivity index (χ0n) is 25.0. The van der Waals surface area contributed by atoms with E-state index in [-0.39, 0.29) is 36.9 Å². The van der Waals surface area contributed by atoms with E-state index in [0.29, 0.717) is 19.4 Å². The van der Waals surface area contributed by atoms with E-state index in [4.69, 9.17) is 10.5 Å². The van der Waals surface area contributed by atoms with E-state index in [1.807, 2.05) is 52.0 Å². The maximum Gasteiger partial charge on any atom is 0.407 e. The highest BCUT2D eigenvalue weighted by atomic mass is 16.5. The molecule has 4 atom stereocenters. The maximum atomic E-state index is 13.5. The highest BCUT2D eigenvalue weighted by Gasteiger charge is 2.40. The van der Waals surface area contributed by atoms with Gasteiger partial charge in [-0.05, 0) is 70.2 Å². The first-order valence-corrected chi connectivity index (χ1v) is 14.4. The van der Waals surface area contributed by atoms with Gasteiger partial charge in [0, 0.05) is 37.3 Å². The van der Waals surface area contributed by atoms with Gasteiger partial charge in [0.25, 0.3) is 0 Å². The predicted octanol–water partition coefficient (Wildman–Crippen LogP) is 2.42. The number of amides is 3. The number of aliphatic hydroxyl groups excluding tert-OH is 1. The molecule has 0 radical (unpaired) electrons. The lowest BCUT2D eigenvalue weighted by molar-refractivity contribution is -0.134. The number of aliphatic hydroxyl groups is 1. The van der Waals surface area contributed by atoms with E-state index < -0.39 is 29.1 Å². The average Bonchev–Trinajstić information content (AvgIpc) is 2.90. The van der Waals surface area contributed by atoms with Crippen molar-refractivity contribution in [3.8, 4) is 0 Å². The Labute approximate surface area is 239 Å². The third kappa shape index (κ3) is 7.95. The maximum absolute atomic E-state index is 13.5. The van der Waals surface area contributed by atoms with E-state index in [9.17, 15) is 19.5 Å². The van der Waals surface area contributed by atoms with Gasteiger partial charge in [-0.1, -0.05) is 38.5 Å². The SMILES string of the molecule is COC(=O)NC1Cc2ccccc2N(C(=O)CC(C)(C)C[C@H](N)[C@@H](O)CNC(=O)C(C)(C)C2CCCCN2C)C1. The standard InChI is InChI=1S/C30H49N5O5/c1-29(2,16-22(31)24(36)18-32-27(38)30(3,4)25-13-9-10-14-34(25)5)17-26(37)35-19-21(33-28(39)40-6)15-20-11-7-8-12-23(20)35/h7-8,11-12,21-22,24-25,36H,9-10,13-19,31H2,1-6H3,(H,32,38)(H,33,39)/t21?,22-,24-,25?/m0/s1. The minimum absolute atomic E-state index is 0.0598. The van der Waals surface area contributed by atoms with Crippen LogP contribution in [0.4, 0.5) is 10.5 Å². The molecule has 2 unspecified atom stereocenters. The monoisotopic (exact) mass is 559 g/mol. The Kier molecular flexibility index (Phi) is 10.6. The number of likely N-dealkylation sites (tertiary alicyclic amines) is 1. The van der Waals surface area contributed by atoms with Crippen LogP contribution >= 0.6 is 0 Å². The van der Waals surface area contributed by atoms with Gasteiger partial charge in [0.05, 0.1) is 24.7 Å². The van der Waals surface area contributed by atoms with E-state index in [2.05, 4.69) is 22.6 Å². The number of anilines is 1. The molecule has 0 aromatic heterocycles. The number of ether oxygens (including phenoxy) is 1. The van der Waals surface area contributed by atoms with Crippen molar-refractivity contribution < 1.29 is 24.2 Å². The van der Waals surface area contributed by atoms with Gasteiger partial charge in [-0.3, -0.25) is 9.59 Å². The second-order valence-corrected chi connectivity index (χ2v) is 12.9. The van der Waals surface area contributed by atoms with Crippen molar-refractivity contribution in [1.82, 2.24) is 15.5 Å². The number of benzene rings is 1. The van der Waals surface area contributed by atoms with Crippen molar-refractivity contribution in [3.63, 3.8) is 0 Å². The molecule has 2 heterocycles. The Hall–Kier alpha value is -2.69. The summed E-state index contributed by atoms with van der Waals surface area (Å²) < 4.78 is 4.75. The van der Waals surface area contributed by atoms with Crippen molar-refractivity contribution in [2.75, 3.05) is 38.7 Å². The molecule has 1 aromatic carbocycles. The molecule has 0 aliphatic carbocycles. The van der Waals surface area contributed by atoms with Crippen molar-refractivity contribution in [3.05, 3.63) is 29.8 Å². The van der Waals surface area contributed by atoms with Crippen LogP contribution in [0.15, 0.2) is 24.3 Å². The quantitative estimate of drug-likeness (QED) is 0.346. The molecule has 1 saturated heterocycles. The summed E-state index contributed by atoms with van der Waals surface area (Å²) in [5, 5.41) is 16.6.